The number of phenols is 1. The predicted octanol–water partition coefficient (Wildman–Crippen LogP) is 3.73. The SMILES string of the molecule is COc1c(O)cccc1C(C)=C(F)B1OC(C)(C)C(C)(C)O1. The third-order valence-electron chi connectivity index (χ3n) is 4.42. The Morgan fingerprint density at radius 2 is 1.73 bits per heavy atom. The van der Waals surface area contributed by atoms with Crippen molar-refractivity contribution in [3.63, 3.8) is 0 Å². The molecule has 0 spiro atoms. The summed E-state index contributed by atoms with van der Waals surface area (Å²) in [6.07, 6.45) is 0. The van der Waals surface area contributed by atoms with Gasteiger partial charge >= 0.3 is 7.12 Å². The number of halogens is 1. The summed E-state index contributed by atoms with van der Waals surface area (Å²) < 4.78 is 31.4. The monoisotopic (exact) mass is 308 g/mol. The van der Waals surface area contributed by atoms with Crippen molar-refractivity contribution in [2.24, 2.45) is 0 Å². The fourth-order valence-electron chi connectivity index (χ4n) is 2.29. The van der Waals surface area contributed by atoms with Crippen molar-refractivity contribution in [1.29, 1.82) is 0 Å². The molecule has 0 bridgehead atoms. The maximum absolute atomic E-state index is 14.8. The number of hydrogen-bond donors (Lipinski definition) is 1. The summed E-state index contributed by atoms with van der Waals surface area (Å²) >= 11 is 0. The average molecular weight is 308 g/mol. The quantitative estimate of drug-likeness (QED) is 0.864. The van der Waals surface area contributed by atoms with Gasteiger partial charge in [0.05, 0.1) is 18.3 Å². The van der Waals surface area contributed by atoms with Gasteiger partial charge < -0.3 is 19.2 Å². The van der Waals surface area contributed by atoms with E-state index in [1.54, 1.807) is 19.1 Å². The molecule has 0 amide bonds. The zero-order chi connectivity index (χ0) is 16.7. The van der Waals surface area contributed by atoms with Crippen LogP contribution in [0.3, 0.4) is 0 Å². The highest BCUT2D eigenvalue weighted by Gasteiger charge is 2.53. The average Bonchev–Trinajstić information content (AvgIpc) is 2.65. The summed E-state index contributed by atoms with van der Waals surface area (Å²) in [5, 5.41) is 9.82. The number of rotatable bonds is 3. The summed E-state index contributed by atoms with van der Waals surface area (Å²) in [4.78, 5) is 0. The van der Waals surface area contributed by atoms with E-state index in [-0.39, 0.29) is 11.5 Å². The van der Waals surface area contributed by atoms with Crippen LogP contribution in [0.25, 0.3) is 5.57 Å². The molecule has 0 radical (unpaired) electrons. The van der Waals surface area contributed by atoms with Crippen molar-refractivity contribution >= 4 is 12.7 Å². The van der Waals surface area contributed by atoms with Crippen LogP contribution in [-0.2, 0) is 9.31 Å². The molecule has 1 fully saturated rings. The summed E-state index contributed by atoms with van der Waals surface area (Å²) in [5.41, 5.74) is -0.973. The van der Waals surface area contributed by atoms with Crippen LogP contribution in [0, 0.1) is 0 Å². The van der Waals surface area contributed by atoms with Crippen LogP contribution in [0.15, 0.2) is 23.9 Å². The van der Waals surface area contributed by atoms with Gasteiger partial charge in [0.25, 0.3) is 0 Å². The Bertz CT molecular complexity index is 594. The highest BCUT2D eigenvalue weighted by Crippen LogP contribution is 2.42. The molecule has 0 aromatic heterocycles. The van der Waals surface area contributed by atoms with Gasteiger partial charge in [0.15, 0.2) is 11.5 Å². The van der Waals surface area contributed by atoms with Gasteiger partial charge in [0, 0.05) is 5.56 Å². The van der Waals surface area contributed by atoms with Crippen LogP contribution in [0.2, 0.25) is 0 Å². The van der Waals surface area contributed by atoms with Gasteiger partial charge in [-0.25, -0.2) is 4.39 Å². The van der Waals surface area contributed by atoms with Gasteiger partial charge in [-0.15, -0.1) is 0 Å². The number of aromatic hydroxyl groups is 1. The molecule has 1 aromatic rings. The molecule has 1 aromatic carbocycles. The second-order valence-corrected chi connectivity index (χ2v) is 6.42. The van der Waals surface area contributed by atoms with Gasteiger partial charge in [-0.05, 0) is 46.3 Å². The molecular weight excluding hydrogens is 286 g/mol. The molecule has 1 saturated heterocycles. The zero-order valence-corrected chi connectivity index (χ0v) is 13.9. The molecule has 22 heavy (non-hydrogen) atoms. The molecule has 120 valence electrons. The molecule has 4 nitrogen and oxygen atoms in total. The van der Waals surface area contributed by atoms with Crippen LogP contribution in [0.5, 0.6) is 11.5 Å². The molecule has 0 unspecified atom stereocenters. The third-order valence-corrected chi connectivity index (χ3v) is 4.42. The van der Waals surface area contributed by atoms with Crippen LogP contribution in [0.1, 0.15) is 40.2 Å². The van der Waals surface area contributed by atoms with E-state index in [2.05, 4.69) is 0 Å². The van der Waals surface area contributed by atoms with Gasteiger partial charge in [-0.1, -0.05) is 12.1 Å². The number of hydrogen-bond acceptors (Lipinski definition) is 4. The van der Waals surface area contributed by atoms with Crippen molar-refractivity contribution < 1.29 is 23.5 Å². The summed E-state index contributed by atoms with van der Waals surface area (Å²) in [5.74, 6) is 0.188. The van der Waals surface area contributed by atoms with Crippen molar-refractivity contribution in [2.45, 2.75) is 45.8 Å². The minimum Gasteiger partial charge on any atom is -0.504 e. The van der Waals surface area contributed by atoms with Gasteiger partial charge in [0.1, 0.15) is 5.73 Å². The lowest BCUT2D eigenvalue weighted by molar-refractivity contribution is 0.00578. The highest BCUT2D eigenvalue weighted by molar-refractivity contribution is 6.55. The summed E-state index contributed by atoms with van der Waals surface area (Å²) in [6.45, 7) is 9.07. The second kappa shape index (κ2) is 5.59. The molecule has 1 aliphatic rings. The predicted molar refractivity (Wildman–Crippen MR) is 84.4 cm³/mol. The minimum absolute atomic E-state index is 0.0407. The first-order valence-electron chi connectivity index (χ1n) is 7.19. The maximum Gasteiger partial charge on any atom is 0.525 e. The number of allylic oxidation sites excluding steroid dienone is 1. The smallest absolute Gasteiger partial charge is 0.504 e. The number of para-hydroxylation sites is 1. The minimum atomic E-state index is -1.07. The van der Waals surface area contributed by atoms with Crippen LogP contribution < -0.4 is 4.74 Å². The van der Waals surface area contributed by atoms with Gasteiger partial charge in [-0.3, -0.25) is 0 Å². The van der Waals surface area contributed by atoms with E-state index in [0.717, 1.165) is 0 Å². The summed E-state index contributed by atoms with van der Waals surface area (Å²) in [6, 6.07) is 4.80. The van der Waals surface area contributed by atoms with Crippen molar-refractivity contribution in [1.82, 2.24) is 0 Å². The number of ether oxygens (including phenoxy) is 1. The van der Waals surface area contributed by atoms with Crippen LogP contribution >= 0.6 is 0 Å². The zero-order valence-electron chi connectivity index (χ0n) is 13.9. The molecule has 1 aliphatic heterocycles. The Morgan fingerprint density at radius 1 is 1.18 bits per heavy atom. The Kier molecular flexibility index (Phi) is 4.28. The molecule has 1 N–H and O–H groups in total. The number of phenolic OH excluding ortho intramolecular Hbond substituents is 1. The van der Waals surface area contributed by atoms with Crippen LogP contribution in [0.4, 0.5) is 4.39 Å². The molecule has 0 atom stereocenters. The van der Waals surface area contributed by atoms with Crippen molar-refractivity contribution in [2.75, 3.05) is 7.11 Å². The lowest BCUT2D eigenvalue weighted by Gasteiger charge is -2.32. The third kappa shape index (κ3) is 2.73. The summed E-state index contributed by atoms with van der Waals surface area (Å²) in [7, 11) is 0.357. The standard InChI is InChI=1S/C16H22BFO4/c1-10(11-8-7-9-12(19)13(11)20-6)14(18)17-21-15(2,3)16(4,5)22-17/h7-9,19H,1-6H3. The molecule has 1 heterocycles. The molecular formula is C16H22BFO4. The maximum atomic E-state index is 14.8. The number of methoxy groups -OCH3 is 1. The first kappa shape index (κ1) is 16.8. The fraction of sp³-hybridized carbons (Fsp3) is 0.500. The Morgan fingerprint density at radius 3 is 2.23 bits per heavy atom. The van der Waals surface area contributed by atoms with E-state index in [9.17, 15) is 9.50 Å². The van der Waals surface area contributed by atoms with E-state index < -0.39 is 24.0 Å². The fourth-order valence-corrected chi connectivity index (χ4v) is 2.29. The lowest BCUT2D eigenvalue weighted by atomic mass is 9.83. The Hall–Kier alpha value is -1.53. The normalized spacial score (nSPS) is 20.8. The number of benzene rings is 1. The molecule has 0 aliphatic carbocycles. The van der Waals surface area contributed by atoms with E-state index >= 15 is 0 Å². The Labute approximate surface area is 131 Å². The van der Waals surface area contributed by atoms with E-state index in [1.165, 1.54) is 13.2 Å². The second-order valence-electron chi connectivity index (χ2n) is 6.42. The van der Waals surface area contributed by atoms with Gasteiger partial charge in [0.2, 0.25) is 0 Å². The first-order valence-corrected chi connectivity index (χ1v) is 7.19. The lowest BCUT2D eigenvalue weighted by Crippen LogP contribution is -2.41. The largest absolute Gasteiger partial charge is 0.525 e. The van der Waals surface area contributed by atoms with Gasteiger partial charge in [-0.2, -0.15) is 0 Å². The highest BCUT2D eigenvalue weighted by atomic mass is 19.1. The first-order chi connectivity index (χ1) is 10.1. The van der Waals surface area contributed by atoms with E-state index in [1.807, 2.05) is 27.7 Å². The Balaban J connectivity index is 2.42. The topological polar surface area (TPSA) is 47.9 Å². The molecule has 0 saturated carbocycles. The van der Waals surface area contributed by atoms with Crippen LogP contribution in [-0.4, -0.2) is 30.5 Å². The van der Waals surface area contributed by atoms with E-state index in [4.69, 9.17) is 14.0 Å². The van der Waals surface area contributed by atoms with Crippen molar-refractivity contribution in [3.8, 4) is 11.5 Å². The molecule has 2 rings (SSSR count). The van der Waals surface area contributed by atoms with Crippen molar-refractivity contribution in [3.05, 3.63) is 29.5 Å². The van der Waals surface area contributed by atoms with E-state index in [0.29, 0.717) is 11.1 Å². The molecule has 6 heteroatoms.